The largest absolute Gasteiger partial charge is 0.348 e. The molecule has 0 radical (unpaired) electrons. The van der Waals surface area contributed by atoms with Crippen LogP contribution in [0.25, 0.3) is 0 Å². The van der Waals surface area contributed by atoms with Gasteiger partial charge in [0.15, 0.2) is 5.69 Å². The van der Waals surface area contributed by atoms with Gasteiger partial charge in [0.2, 0.25) is 0 Å². The van der Waals surface area contributed by atoms with Crippen LogP contribution in [-0.2, 0) is 6.54 Å². The molecule has 1 saturated heterocycles. The summed E-state index contributed by atoms with van der Waals surface area (Å²) >= 11 is 0. The minimum atomic E-state index is -0.160. The van der Waals surface area contributed by atoms with Crippen LogP contribution in [0.5, 0.6) is 0 Å². The lowest BCUT2D eigenvalue weighted by atomic mass is 9.99. The van der Waals surface area contributed by atoms with Crippen LogP contribution in [0.3, 0.4) is 0 Å². The van der Waals surface area contributed by atoms with Gasteiger partial charge in [0.1, 0.15) is 5.69 Å². The monoisotopic (exact) mass is 371 g/mol. The second-order valence-electron chi connectivity index (χ2n) is 7.49. The number of piperidine rings is 1. The molecule has 2 aliphatic rings. The fourth-order valence-electron chi connectivity index (χ4n) is 3.52. The molecule has 9 heteroatoms. The molecule has 27 heavy (non-hydrogen) atoms. The molecule has 2 fully saturated rings. The quantitative estimate of drug-likeness (QED) is 0.795. The summed E-state index contributed by atoms with van der Waals surface area (Å²) in [4.78, 5) is 26.7. The Balaban J connectivity index is 1.36. The highest BCUT2D eigenvalue weighted by atomic mass is 16.2. The van der Waals surface area contributed by atoms with E-state index >= 15 is 0 Å². The smallest absolute Gasteiger partial charge is 0.274 e. The number of aromatic nitrogens is 5. The first kappa shape index (κ1) is 17.7. The van der Waals surface area contributed by atoms with E-state index < -0.39 is 0 Å². The second kappa shape index (κ2) is 7.50. The van der Waals surface area contributed by atoms with Gasteiger partial charge in [0.25, 0.3) is 11.8 Å². The number of carbonyl (C=O) groups excluding carboxylic acids is 2. The number of rotatable bonds is 6. The summed E-state index contributed by atoms with van der Waals surface area (Å²) in [5.74, 6) is -0.181. The number of aromatic amines is 1. The number of H-pyrrole nitrogens is 1. The lowest BCUT2D eigenvalue weighted by molar-refractivity contribution is 0.0587. The molecule has 0 bridgehead atoms. The van der Waals surface area contributed by atoms with E-state index in [1.54, 1.807) is 16.9 Å². The van der Waals surface area contributed by atoms with Gasteiger partial charge >= 0.3 is 0 Å². The predicted molar refractivity (Wildman–Crippen MR) is 97.1 cm³/mol. The highest BCUT2D eigenvalue weighted by molar-refractivity contribution is 5.93. The number of likely N-dealkylation sites (tertiary alicyclic amines) is 1. The zero-order chi connectivity index (χ0) is 18.8. The maximum Gasteiger partial charge on any atom is 0.274 e. The molecule has 0 spiro atoms. The summed E-state index contributed by atoms with van der Waals surface area (Å²) in [6, 6.07) is 2.24. The molecule has 1 aliphatic carbocycles. The van der Waals surface area contributed by atoms with E-state index in [0.29, 0.717) is 24.0 Å². The minimum Gasteiger partial charge on any atom is -0.348 e. The van der Waals surface area contributed by atoms with Crippen molar-refractivity contribution in [3.8, 4) is 0 Å². The standard InChI is InChI=1S/C18H25N7O2/c1-12-10-15(21-20-12)18(27)25-8-3-2-4-14(25)7-9-24-11-16(22-23-24)17(26)19-13-5-6-13/h10-11,13-14H,2-9H2,1H3,(H,19,26)(H,20,21). The lowest BCUT2D eigenvalue weighted by Gasteiger charge is -2.35. The van der Waals surface area contributed by atoms with Crippen molar-refractivity contribution in [2.45, 2.75) is 64.1 Å². The third-order valence-electron chi connectivity index (χ3n) is 5.19. The van der Waals surface area contributed by atoms with Gasteiger partial charge in [-0.25, -0.2) is 0 Å². The molecule has 2 N–H and O–H groups in total. The molecule has 0 aromatic carbocycles. The third-order valence-corrected chi connectivity index (χ3v) is 5.19. The Labute approximate surface area is 157 Å². The van der Waals surface area contributed by atoms with Gasteiger partial charge in [-0.2, -0.15) is 5.10 Å². The SMILES string of the molecule is Cc1cc(C(=O)N2CCCCC2CCn2cc(C(=O)NC3CC3)nn2)n[nH]1. The van der Waals surface area contributed by atoms with Crippen LogP contribution in [0.1, 0.15) is 65.2 Å². The van der Waals surface area contributed by atoms with Crippen LogP contribution >= 0.6 is 0 Å². The molecule has 1 saturated carbocycles. The van der Waals surface area contributed by atoms with Crippen molar-refractivity contribution in [2.24, 2.45) is 0 Å². The van der Waals surface area contributed by atoms with Gasteiger partial charge in [-0.3, -0.25) is 19.4 Å². The van der Waals surface area contributed by atoms with Gasteiger partial charge in [-0.1, -0.05) is 5.21 Å². The molecule has 1 atom stereocenters. The summed E-state index contributed by atoms with van der Waals surface area (Å²) in [5.41, 5.74) is 1.70. The van der Waals surface area contributed by atoms with Crippen molar-refractivity contribution in [1.29, 1.82) is 0 Å². The van der Waals surface area contributed by atoms with Crippen LogP contribution in [0, 0.1) is 6.92 Å². The maximum absolute atomic E-state index is 12.8. The molecule has 1 unspecified atom stereocenters. The zero-order valence-electron chi connectivity index (χ0n) is 15.5. The van der Waals surface area contributed by atoms with Crippen LogP contribution in [0.15, 0.2) is 12.3 Å². The average molecular weight is 371 g/mol. The van der Waals surface area contributed by atoms with E-state index in [1.165, 1.54) is 0 Å². The predicted octanol–water partition coefficient (Wildman–Crippen LogP) is 1.29. The van der Waals surface area contributed by atoms with E-state index in [1.807, 2.05) is 11.8 Å². The zero-order valence-corrected chi connectivity index (χ0v) is 15.5. The Kier molecular flexibility index (Phi) is 4.91. The molecule has 2 aromatic rings. The molecular weight excluding hydrogens is 346 g/mol. The Morgan fingerprint density at radius 3 is 2.85 bits per heavy atom. The minimum absolute atomic E-state index is 0.0212. The molecule has 3 heterocycles. The molecule has 9 nitrogen and oxygen atoms in total. The lowest BCUT2D eigenvalue weighted by Crippen LogP contribution is -2.44. The number of nitrogens with zero attached hydrogens (tertiary/aromatic N) is 5. The van der Waals surface area contributed by atoms with Gasteiger partial charge in [0.05, 0.1) is 6.20 Å². The maximum atomic E-state index is 12.8. The number of nitrogens with one attached hydrogen (secondary N) is 2. The van der Waals surface area contributed by atoms with E-state index in [4.69, 9.17) is 0 Å². The van der Waals surface area contributed by atoms with Gasteiger partial charge in [0, 0.05) is 30.9 Å². The number of hydrogen-bond acceptors (Lipinski definition) is 5. The topological polar surface area (TPSA) is 109 Å². The number of hydrogen-bond donors (Lipinski definition) is 2. The van der Waals surface area contributed by atoms with Crippen LogP contribution in [-0.4, -0.2) is 60.5 Å². The number of carbonyl (C=O) groups is 2. The Hall–Kier alpha value is -2.71. The first-order chi connectivity index (χ1) is 13.1. The molecule has 2 aromatic heterocycles. The second-order valence-corrected chi connectivity index (χ2v) is 7.49. The summed E-state index contributed by atoms with van der Waals surface area (Å²) < 4.78 is 1.69. The van der Waals surface area contributed by atoms with E-state index in [0.717, 1.165) is 50.8 Å². The van der Waals surface area contributed by atoms with E-state index in [2.05, 4.69) is 25.8 Å². The molecule has 4 rings (SSSR count). The Bertz CT molecular complexity index is 823. The summed E-state index contributed by atoms with van der Waals surface area (Å²) in [5, 5.41) is 17.9. The average Bonchev–Trinajstić information content (AvgIpc) is 3.18. The fraction of sp³-hybridized carbons (Fsp3) is 0.611. The summed E-state index contributed by atoms with van der Waals surface area (Å²) in [7, 11) is 0. The first-order valence-electron chi connectivity index (χ1n) is 9.64. The Morgan fingerprint density at radius 2 is 2.11 bits per heavy atom. The molecule has 2 amide bonds. The van der Waals surface area contributed by atoms with Crippen molar-refractivity contribution in [3.05, 3.63) is 29.3 Å². The van der Waals surface area contributed by atoms with Crippen molar-refractivity contribution in [3.63, 3.8) is 0 Å². The summed E-state index contributed by atoms with van der Waals surface area (Å²) in [6.45, 7) is 3.26. The molecule has 144 valence electrons. The van der Waals surface area contributed by atoms with Crippen molar-refractivity contribution in [2.75, 3.05) is 6.54 Å². The van der Waals surface area contributed by atoms with Gasteiger partial charge in [-0.15, -0.1) is 5.10 Å². The normalized spacial score (nSPS) is 19.9. The first-order valence-corrected chi connectivity index (χ1v) is 9.64. The van der Waals surface area contributed by atoms with Crippen LogP contribution < -0.4 is 5.32 Å². The number of aryl methyl sites for hydroxylation is 2. The van der Waals surface area contributed by atoms with Crippen LogP contribution in [0.4, 0.5) is 0 Å². The van der Waals surface area contributed by atoms with Crippen molar-refractivity contribution >= 4 is 11.8 Å². The van der Waals surface area contributed by atoms with E-state index in [9.17, 15) is 9.59 Å². The Morgan fingerprint density at radius 1 is 1.26 bits per heavy atom. The fourth-order valence-corrected chi connectivity index (χ4v) is 3.52. The van der Waals surface area contributed by atoms with Crippen LogP contribution in [0.2, 0.25) is 0 Å². The number of amides is 2. The van der Waals surface area contributed by atoms with E-state index in [-0.39, 0.29) is 17.9 Å². The van der Waals surface area contributed by atoms with Gasteiger partial charge in [-0.05, 0) is 51.5 Å². The molecule has 1 aliphatic heterocycles. The third kappa shape index (κ3) is 4.17. The van der Waals surface area contributed by atoms with Crippen molar-refractivity contribution in [1.82, 2.24) is 35.4 Å². The molecular formula is C18H25N7O2. The van der Waals surface area contributed by atoms with Crippen molar-refractivity contribution < 1.29 is 9.59 Å². The highest BCUT2D eigenvalue weighted by Gasteiger charge is 2.29. The summed E-state index contributed by atoms with van der Waals surface area (Å²) in [6.07, 6.45) is 7.65. The van der Waals surface area contributed by atoms with Gasteiger partial charge < -0.3 is 10.2 Å². The highest BCUT2D eigenvalue weighted by Crippen LogP contribution is 2.22.